The topological polar surface area (TPSA) is 41.5 Å². The van der Waals surface area contributed by atoms with Crippen molar-refractivity contribution in [3.63, 3.8) is 0 Å². The molecule has 0 fully saturated rings. The molecule has 1 N–H and O–H groups in total. The van der Waals surface area contributed by atoms with E-state index >= 15 is 0 Å². The SMILES string of the molecule is CC(c1ccccc1)c1ccccc1.CCC(=NC)N/C(CCCC(C)c1ccc(C(F)F)cc1)=C(\C=O)CC. The summed E-state index contributed by atoms with van der Waals surface area (Å²) in [7, 11) is 1.74. The van der Waals surface area contributed by atoms with Crippen LogP contribution in [0.3, 0.4) is 0 Å². The van der Waals surface area contributed by atoms with Gasteiger partial charge in [0.15, 0.2) is 0 Å². The summed E-state index contributed by atoms with van der Waals surface area (Å²) >= 11 is 0. The van der Waals surface area contributed by atoms with E-state index in [1.807, 2.05) is 13.8 Å². The zero-order chi connectivity index (χ0) is 29.3. The van der Waals surface area contributed by atoms with Gasteiger partial charge in [-0.05, 0) is 48.3 Å². The highest BCUT2D eigenvalue weighted by molar-refractivity contribution is 5.85. The number of carbonyl (C=O) groups excluding carboxylic acids is 1. The number of aliphatic imine (C=N–C) groups is 1. The summed E-state index contributed by atoms with van der Waals surface area (Å²) in [6.45, 7) is 8.32. The summed E-state index contributed by atoms with van der Waals surface area (Å²) in [5.74, 6) is 1.62. The fourth-order valence-electron chi connectivity index (χ4n) is 4.55. The molecule has 0 heterocycles. The smallest absolute Gasteiger partial charge is 0.263 e. The number of nitrogens with zero attached hydrogens (tertiary/aromatic N) is 1. The number of carbonyl (C=O) groups is 1. The largest absolute Gasteiger partial charge is 0.347 e. The van der Waals surface area contributed by atoms with Crippen molar-refractivity contribution >= 4 is 12.1 Å². The van der Waals surface area contributed by atoms with Crippen molar-refractivity contribution in [3.05, 3.63) is 118 Å². The molecule has 0 radical (unpaired) electrons. The molecule has 3 aromatic rings. The lowest BCUT2D eigenvalue weighted by atomic mass is 9.93. The molecule has 0 spiro atoms. The van der Waals surface area contributed by atoms with Gasteiger partial charge in [0.1, 0.15) is 6.29 Å². The molecule has 3 nitrogen and oxygen atoms in total. The zero-order valence-electron chi connectivity index (χ0n) is 24.5. The molecule has 3 rings (SSSR count). The van der Waals surface area contributed by atoms with E-state index < -0.39 is 6.43 Å². The Bertz CT molecular complexity index is 1150. The van der Waals surface area contributed by atoms with Crippen molar-refractivity contribution in [3.8, 4) is 0 Å². The number of alkyl halides is 2. The van der Waals surface area contributed by atoms with E-state index in [-0.39, 0.29) is 11.5 Å². The highest BCUT2D eigenvalue weighted by Gasteiger charge is 2.12. The highest BCUT2D eigenvalue weighted by Crippen LogP contribution is 2.26. The molecule has 0 aliphatic rings. The standard InChI is InChI=1S/C21H30F2N2O.C14H14/c1-5-16(14-26)19(25-20(6-2)24-4)9-7-8-15(3)17-10-12-18(13-11-17)21(22)23;1-12(13-8-4-2-5-9-13)14-10-6-3-7-11-14/h10-15,21H,5-9H2,1-4H3,(H,24,25);2-12H,1H3/b19-16-;. The molecular weight excluding hydrogens is 502 g/mol. The Morgan fingerprint density at radius 1 is 0.800 bits per heavy atom. The van der Waals surface area contributed by atoms with Crippen molar-refractivity contribution in [2.45, 2.75) is 78.1 Å². The van der Waals surface area contributed by atoms with Crippen molar-refractivity contribution in [1.29, 1.82) is 0 Å². The van der Waals surface area contributed by atoms with Gasteiger partial charge in [0.05, 0.1) is 5.84 Å². The molecular formula is C35H44F2N2O. The first-order valence-electron chi connectivity index (χ1n) is 14.2. The van der Waals surface area contributed by atoms with Gasteiger partial charge in [0.2, 0.25) is 0 Å². The molecule has 1 unspecified atom stereocenters. The Hall–Kier alpha value is -3.60. The number of nitrogens with one attached hydrogen (secondary N) is 1. The highest BCUT2D eigenvalue weighted by atomic mass is 19.3. The summed E-state index contributed by atoms with van der Waals surface area (Å²) in [6, 6.07) is 27.7. The normalized spacial score (nSPS) is 12.9. The van der Waals surface area contributed by atoms with Crippen LogP contribution in [0.15, 0.2) is 101 Å². The van der Waals surface area contributed by atoms with Gasteiger partial charge >= 0.3 is 0 Å². The number of hydrogen-bond donors (Lipinski definition) is 1. The molecule has 3 aromatic carbocycles. The van der Waals surface area contributed by atoms with Crippen molar-refractivity contribution < 1.29 is 13.6 Å². The Kier molecular flexibility index (Phi) is 14.6. The molecule has 0 bridgehead atoms. The second-order valence-corrected chi connectivity index (χ2v) is 9.93. The molecule has 0 aliphatic carbocycles. The molecule has 0 saturated carbocycles. The number of allylic oxidation sites excluding steroid dienone is 2. The molecule has 0 saturated heterocycles. The predicted molar refractivity (Wildman–Crippen MR) is 164 cm³/mol. The molecule has 40 heavy (non-hydrogen) atoms. The fourth-order valence-corrected chi connectivity index (χ4v) is 4.55. The molecule has 214 valence electrons. The zero-order valence-corrected chi connectivity index (χ0v) is 24.5. The molecule has 5 heteroatoms. The van der Waals surface area contributed by atoms with Crippen molar-refractivity contribution in [2.24, 2.45) is 4.99 Å². The second kappa shape index (κ2) is 17.9. The maximum Gasteiger partial charge on any atom is 0.263 e. The van der Waals surface area contributed by atoms with Crippen LogP contribution in [-0.2, 0) is 4.79 Å². The van der Waals surface area contributed by atoms with Gasteiger partial charge in [-0.1, -0.05) is 113 Å². The number of aldehydes is 1. The van der Waals surface area contributed by atoms with E-state index in [1.165, 1.54) is 23.3 Å². The van der Waals surface area contributed by atoms with Crippen LogP contribution >= 0.6 is 0 Å². The average Bonchev–Trinajstić information content (AvgIpc) is 3.00. The Labute approximate surface area is 239 Å². The first-order chi connectivity index (χ1) is 19.3. The monoisotopic (exact) mass is 546 g/mol. The van der Waals surface area contributed by atoms with Crippen LogP contribution < -0.4 is 5.32 Å². The second-order valence-electron chi connectivity index (χ2n) is 9.93. The van der Waals surface area contributed by atoms with E-state index in [0.717, 1.165) is 54.6 Å². The molecule has 1 atom stereocenters. The number of hydrogen-bond acceptors (Lipinski definition) is 2. The maximum atomic E-state index is 12.6. The summed E-state index contributed by atoms with van der Waals surface area (Å²) in [4.78, 5) is 15.5. The van der Waals surface area contributed by atoms with Crippen molar-refractivity contribution in [2.75, 3.05) is 7.05 Å². The van der Waals surface area contributed by atoms with Crippen LogP contribution in [0.1, 0.15) is 100 Å². The van der Waals surface area contributed by atoms with Crippen LogP contribution in [-0.4, -0.2) is 19.2 Å². The first kappa shape index (κ1) is 32.6. The van der Waals surface area contributed by atoms with Gasteiger partial charge in [-0.25, -0.2) is 8.78 Å². The van der Waals surface area contributed by atoms with E-state index in [4.69, 9.17) is 0 Å². The number of rotatable bonds is 12. The van der Waals surface area contributed by atoms with Gasteiger partial charge < -0.3 is 5.32 Å². The lowest BCUT2D eigenvalue weighted by Crippen LogP contribution is -2.24. The Morgan fingerprint density at radius 2 is 1.32 bits per heavy atom. The average molecular weight is 547 g/mol. The molecule has 0 amide bonds. The number of halogens is 2. The van der Waals surface area contributed by atoms with E-state index in [2.05, 4.69) is 84.8 Å². The third kappa shape index (κ3) is 10.5. The quantitative estimate of drug-likeness (QED) is 0.106. The minimum Gasteiger partial charge on any atom is -0.347 e. The van der Waals surface area contributed by atoms with Crippen LogP contribution in [0.4, 0.5) is 8.78 Å². The third-order valence-electron chi connectivity index (χ3n) is 7.23. The maximum absolute atomic E-state index is 12.6. The lowest BCUT2D eigenvalue weighted by molar-refractivity contribution is -0.105. The summed E-state index contributed by atoms with van der Waals surface area (Å²) < 4.78 is 25.3. The molecule has 0 aliphatic heterocycles. The Balaban J connectivity index is 0.000000333. The van der Waals surface area contributed by atoms with E-state index in [1.54, 1.807) is 19.2 Å². The Morgan fingerprint density at radius 3 is 1.75 bits per heavy atom. The summed E-state index contributed by atoms with van der Waals surface area (Å²) in [5, 5.41) is 3.30. The summed E-state index contributed by atoms with van der Waals surface area (Å²) in [5.41, 5.74) is 5.57. The van der Waals surface area contributed by atoms with Gasteiger partial charge in [-0.3, -0.25) is 9.79 Å². The van der Waals surface area contributed by atoms with Crippen molar-refractivity contribution in [1.82, 2.24) is 5.32 Å². The van der Waals surface area contributed by atoms with Gasteiger partial charge in [0, 0.05) is 36.2 Å². The van der Waals surface area contributed by atoms with Crippen LogP contribution in [0, 0.1) is 0 Å². The lowest BCUT2D eigenvalue weighted by Gasteiger charge is -2.17. The van der Waals surface area contributed by atoms with Crippen LogP contribution in [0.25, 0.3) is 0 Å². The third-order valence-corrected chi connectivity index (χ3v) is 7.23. The first-order valence-corrected chi connectivity index (χ1v) is 14.2. The number of amidine groups is 1. The number of benzene rings is 3. The fraction of sp³-hybridized carbons (Fsp3) is 0.371. The van der Waals surface area contributed by atoms with Crippen LogP contribution in [0.2, 0.25) is 0 Å². The van der Waals surface area contributed by atoms with Gasteiger partial charge in [-0.15, -0.1) is 0 Å². The minimum absolute atomic E-state index is 0.0555. The van der Waals surface area contributed by atoms with E-state index in [9.17, 15) is 13.6 Å². The molecule has 0 aromatic heterocycles. The van der Waals surface area contributed by atoms with Gasteiger partial charge in [0.25, 0.3) is 6.43 Å². The van der Waals surface area contributed by atoms with E-state index in [0.29, 0.717) is 12.3 Å². The predicted octanol–water partition coefficient (Wildman–Crippen LogP) is 9.63. The minimum atomic E-state index is -2.43. The van der Waals surface area contributed by atoms with Gasteiger partial charge in [-0.2, -0.15) is 0 Å². The van der Waals surface area contributed by atoms with Crippen LogP contribution in [0.5, 0.6) is 0 Å². The summed E-state index contributed by atoms with van der Waals surface area (Å²) in [6.07, 6.45) is 2.53.